The summed E-state index contributed by atoms with van der Waals surface area (Å²) < 4.78 is 9.91. The second kappa shape index (κ2) is 5.59. The van der Waals surface area contributed by atoms with Gasteiger partial charge >= 0.3 is 5.97 Å². The molecule has 0 aliphatic heterocycles. The van der Waals surface area contributed by atoms with Crippen molar-refractivity contribution in [2.24, 2.45) is 0 Å². The number of carbonyl (C=O) groups excluding carboxylic acids is 1. The highest BCUT2D eigenvalue weighted by molar-refractivity contribution is 9.09. The van der Waals surface area contributed by atoms with Crippen molar-refractivity contribution in [3.8, 4) is 5.75 Å². The zero-order valence-electron chi connectivity index (χ0n) is 7.70. The maximum absolute atomic E-state index is 11.2. The van der Waals surface area contributed by atoms with Crippen LogP contribution in [-0.4, -0.2) is 30.0 Å². The quantitative estimate of drug-likeness (QED) is 0.610. The van der Waals surface area contributed by atoms with E-state index in [0.29, 0.717) is 23.2 Å². The topological polar surface area (TPSA) is 48.4 Å². The first-order valence-electron chi connectivity index (χ1n) is 4.00. The van der Waals surface area contributed by atoms with Crippen molar-refractivity contribution in [3.63, 3.8) is 0 Å². The number of hydrogen-bond acceptors (Lipinski definition) is 4. The number of esters is 1. The molecule has 1 aromatic heterocycles. The third kappa shape index (κ3) is 2.70. The molecule has 0 aromatic carbocycles. The molecule has 1 rings (SSSR count). The van der Waals surface area contributed by atoms with Gasteiger partial charge in [0, 0.05) is 17.7 Å². The van der Waals surface area contributed by atoms with E-state index in [9.17, 15) is 4.79 Å². The Kier molecular flexibility index (Phi) is 4.39. The van der Waals surface area contributed by atoms with Gasteiger partial charge in [-0.15, -0.1) is 0 Å². The minimum atomic E-state index is -0.442. The van der Waals surface area contributed by atoms with Crippen LogP contribution in [0.15, 0.2) is 18.5 Å². The Balaban J connectivity index is 2.85. The van der Waals surface area contributed by atoms with Gasteiger partial charge in [-0.3, -0.25) is 4.98 Å². The Morgan fingerprint density at radius 3 is 3.07 bits per heavy atom. The summed E-state index contributed by atoms with van der Waals surface area (Å²) in [7, 11) is 1.32. The molecule has 0 bridgehead atoms. The van der Waals surface area contributed by atoms with E-state index in [1.54, 1.807) is 12.3 Å². The van der Waals surface area contributed by atoms with Crippen LogP contribution in [0.3, 0.4) is 0 Å². The molecule has 1 aromatic rings. The number of pyridine rings is 1. The fraction of sp³-hybridized carbons (Fsp3) is 0.333. The molecule has 0 saturated carbocycles. The molecular formula is C9H10BrNO3. The summed E-state index contributed by atoms with van der Waals surface area (Å²) in [5.41, 5.74) is 0.343. The summed E-state index contributed by atoms with van der Waals surface area (Å²) in [4.78, 5) is 15.1. The summed E-state index contributed by atoms with van der Waals surface area (Å²) in [5, 5.41) is 0.704. The van der Waals surface area contributed by atoms with Crippen molar-refractivity contribution in [1.82, 2.24) is 4.98 Å². The van der Waals surface area contributed by atoms with Crippen LogP contribution < -0.4 is 4.74 Å². The minimum Gasteiger partial charge on any atom is -0.492 e. The van der Waals surface area contributed by atoms with E-state index in [1.165, 1.54) is 13.3 Å². The van der Waals surface area contributed by atoms with E-state index in [-0.39, 0.29) is 0 Å². The van der Waals surface area contributed by atoms with Crippen molar-refractivity contribution >= 4 is 21.9 Å². The van der Waals surface area contributed by atoms with Gasteiger partial charge in [0.1, 0.15) is 11.3 Å². The average Bonchev–Trinajstić information content (AvgIpc) is 2.25. The largest absolute Gasteiger partial charge is 0.492 e. The number of hydrogen-bond donors (Lipinski definition) is 0. The number of methoxy groups -OCH3 is 1. The van der Waals surface area contributed by atoms with Crippen LogP contribution in [0.1, 0.15) is 10.4 Å². The zero-order valence-corrected chi connectivity index (χ0v) is 9.28. The maximum atomic E-state index is 11.2. The number of halogens is 1. The number of carbonyl (C=O) groups is 1. The third-order valence-electron chi connectivity index (χ3n) is 1.52. The Morgan fingerprint density at radius 1 is 1.64 bits per heavy atom. The number of nitrogens with zero attached hydrogens (tertiary/aromatic N) is 1. The minimum absolute atomic E-state index is 0.343. The second-order valence-electron chi connectivity index (χ2n) is 2.40. The molecule has 0 N–H and O–H groups in total. The highest BCUT2D eigenvalue weighted by Gasteiger charge is 2.12. The Bertz CT molecular complexity index is 317. The Hall–Kier alpha value is -1.10. The molecule has 1 heterocycles. The van der Waals surface area contributed by atoms with Crippen molar-refractivity contribution < 1.29 is 14.3 Å². The first kappa shape index (κ1) is 11.0. The molecule has 0 saturated heterocycles. The van der Waals surface area contributed by atoms with Gasteiger partial charge in [0.25, 0.3) is 0 Å². The smallest absolute Gasteiger partial charge is 0.343 e. The van der Waals surface area contributed by atoms with E-state index in [2.05, 4.69) is 25.7 Å². The molecule has 0 aliphatic rings. The van der Waals surface area contributed by atoms with Crippen molar-refractivity contribution in [2.75, 3.05) is 19.0 Å². The normalized spacial score (nSPS) is 9.57. The molecule has 0 radical (unpaired) electrons. The van der Waals surface area contributed by atoms with Crippen molar-refractivity contribution in [3.05, 3.63) is 24.0 Å². The zero-order chi connectivity index (χ0) is 10.4. The van der Waals surface area contributed by atoms with Gasteiger partial charge in [-0.05, 0) is 6.07 Å². The van der Waals surface area contributed by atoms with Gasteiger partial charge < -0.3 is 9.47 Å². The maximum Gasteiger partial charge on any atom is 0.343 e. The lowest BCUT2D eigenvalue weighted by molar-refractivity contribution is 0.0596. The van der Waals surface area contributed by atoms with E-state index in [1.807, 2.05) is 0 Å². The Labute approximate surface area is 90.4 Å². The van der Waals surface area contributed by atoms with Crippen LogP contribution >= 0.6 is 15.9 Å². The van der Waals surface area contributed by atoms with Gasteiger partial charge in [0.05, 0.1) is 13.7 Å². The monoisotopic (exact) mass is 259 g/mol. The third-order valence-corrected chi connectivity index (χ3v) is 1.84. The number of ether oxygens (including phenoxy) is 2. The average molecular weight is 260 g/mol. The lowest BCUT2D eigenvalue weighted by Crippen LogP contribution is -2.07. The summed E-state index contributed by atoms with van der Waals surface area (Å²) in [5.74, 6) is 0.0500. The predicted octanol–water partition coefficient (Wildman–Crippen LogP) is 1.64. The molecule has 0 aliphatic carbocycles. The number of rotatable bonds is 4. The van der Waals surface area contributed by atoms with Crippen LogP contribution in [-0.2, 0) is 4.74 Å². The summed E-state index contributed by atoms with van der Waals surface area (Å²) in [6.45, 7) is 0.494. The molecule has 76 valence electrons. The molecule has 0 fully saturated rings. The van der Waals surface area contributed by atoms with Crippen LogP contribution in [0, 0.1) is 0 Å². The van der Waals surface area contributed by atoms with Crippen molar-refractivity contribution in [1.29, 1.82) is 0 Å². The molecule has 0 unspecified atom stereocenters. The molecular weight excluding hydrogens is 250 g/mol. The van der Waals surface area contributed by atoms with E-state index >= 15 is 0 Å². The molecule has 0 spiro atoms. The number of alkyl halides is 1. The fourth-order valence-corrected chi connectivity index (χ4v) is 1.08. The molecule has 4 nitrogen and oxygen atoms in total. The van der Waals surface area contributed by atoms with Crippen LogP contribution in [0.25, 0.3) is 0 Å². The molecule has 14 heavy (non-hydrogen) atoms. The number of aromatic nitrogens is 1. The van der Waals surface area contributed by atoms with E-state index in [4.69, 9.17) is 4.74 Å². The van der Waals surface area contributed by atoms with Crippen LogP contribution in [0.5, 0.6) is 5.75 Å². The first-order valence-corrected chi connectivity index (χ1v) is 5.13. The predicted molar refractivity (Wildman–Crippen MR) is 54.9 cm³/mol. The molecule has 5 heteroatoms. The second-order valence-corrected chi connectivity index (χ2v) is 3.19. The highest BCUT2D eigenvalue weighted by Crippen LogP contribution is 2.17. The first-order chi connectivity index (χ1) is 6.79. The van der Waals surface area contributed by atoms with Gasteiger partial charge in [-0.2, -0.15) is 0 Å². The lowest BCUT2D eigenvalue weighted by atomic mass is 10.2. The summed E-state index contributed by atoms with van der Waals surface area (Å²) >= 11 is 3.23. The van der Waals surface area contributed by atoms with Gasteiger partial charge in [0.15, 0.2) is 0 Å². The van der Waals surface area contributed by atoms with E-state index in [0.717, 1.165) is 0 Å². The lowest BCUT2D eigenvalue weighted by Gasteiger charge is -2.07. The Morgan fingerprint density at radius 2 is 2.43 bits per heavy atom. The summed E-state index contributed by atoms with van der Waals surface area (Å²) in [6, 6.07) is 1.63. The standard InChI is InChI=1S/C9H10BrNO3/c1-13-9(12)7-6-11-4-2-8(7)14-5-3-10/h2,4,6H,3,5H2,1H3. The van der Waals surface area contributed by atoms with Crippen LogP contribution in [0.2, 0.25) is 0 Å². The molecule has 0 atom stereocenters. The summed E-state index contributed by atoms with van der Waals surface area (Å²) in [6.07, 6.45) is 2.99. The molecule has 0 amide bonds. The van der Waals surface area contributed by atoms with Gasteiger partial charge in [-0.1, -0.05) is 15.9 Å². The van der Waals surface area contributed by atoms with Crippen molar-refractivity contribution in [2.45, 2.75) is 0 Å². The van der Waals surface area contributed by atoms with Gasteiger partial charge in [0.2, 0.25) is 0 Å². The van der Waals surface area contributed by atoms with E-state index < -0.39 is 5.97 Å². The van der Waals surface area contributed by atoms with Crippen LogP contribution in [0.4, 0.5) is 0 Å². The highest BCUT2D eigenvalue weighted by atomic mass is 79.9. The SMILES string of the molecule is COC(=O)c1cnccc1OCCBr. The van der Waals surface area contributed by atoms with Gasteiger partial charge in [-0.25, -0.2) is 4.79 Å². The fourth-order valence-electron chi connectivity index (χ4n) is 0.919.